The molecule has 0 saturated heterocycles. The third kappa shape index (κ3) is 2.74. The van der Waals surface area contributed by atoms with Crippen LogP contribution in [-0.4, -0.2) is 9.97 Å². The first-order valence-corrected chi connectivity index (χ1v) is 7.76. The van der Waals surface area contributed by atoms with Gasteiger partial charge < -0.3 is 5.73 Å². The highest BCUT2D eigenvalue weighted by molar-refractivity contribution is 14.1. The van der Waals surface area contributed by atoms with Crippen LogP contribution < -0.4 is 5.73 Å². The normalized spacial score (nSPS) is 14.6. The zero-order chi connectivity index (χ0) is 14.3. The van der Waals surface area contributed by atoms with Crippen LogP contribution in [0.1, 0.15) is 35.8 Å². The predicted molar refractivity (Wildman–Crippen MR) is 85.4 cm³/mol. The minimum absolute atomic E-state index is 0.256. The molecule has 6 heteroatoms. The van der Waals surface area contributed by atoms with Crippen LogP contribution in [0.5, 0.6) is 0 Å². The van der Waals surface area contributed by atoms with E-state index in [4.69, 9.17) is 17.3 Å². The summed E-state index contributed by atoms with van der Waals surface area (Å²) in [6.07, 6.45) is 2.52. The molecule has 3 rings (SSSR count). The fraction of sp³-hybridized carbons (Fsp3) is 0.286. The third-order valence-corrected chi connectivity index (χ3v) is 4.77. The lowest BCUT2D eigenvalue weighted by molar-refractivity contribution is 0.612. The first kappa shape index (κ1) is 14.0. The number of halogens is 3. The van der Waals surface area contributed by atoms with Gasteiger partial charge in [-0.25, -0.2) is 14.4 Å². The fourth-order valence-corrected chi connectivity index (χ4v) is 3.01. The van der Waals surface area contributed by atoms with Gasteiger partial charge in [0.15, 0.2) is 0 Å². The molecular formula is C14H12ClFIN3. The van der Waals surface area contributed by atoms with Gasteiger partial charge >= 0.3 is 0 Å². The number of nitrogen functional groups attached to an aromatic ring is 1. The Hall–Kier alpha value is -0.950. The van der Waals surface area contributed by atoms with Crippen molar-refractivity contribution in [3.8, 4) is 0 Å². The molecular weight excluding hydrogens is 392 g/mol. The Morgan fingerprint density at radius 2 is 2.10 bits per heavy atom. The molecule has 0 bridgehead atoms. The Morgan fingerprint density at radius 1 is 1.35 bits per heavy atom. The van der Waals surface area contributed by atoms with Gasteiger partial charge in [-0.05, 0) is 47.6 Å². The van der Waals surface area contributed by atoms with Crippen LogP contribution in [0.4, 0.5) is 10.2 Å². The van der Waals surface area contributed by atoms with Gasteiger partial charge in [-0.3, -0.25) is 0 Å². The number of hydrogen-bond acceptors (Lipinski definition) is 3. The molecule has 0 atom stereocenters. The zero-order valence-electron chi connectivity index (χ0n) is 10.5. The van der Waals surface area contributed by atoms with Gasteiger partial charge in [0.05, 0.1) is 9.26 Å². The molecule has 1 fully saturated rings. The minimum Gasteiger partial charge on any atom is -0.383 e. The molecule has 0 unspecified atom stereocenters. The summed E-state index contributed by atoms with van der Waals surface area (Å²) in [6, 6.07) is 4.64. The van der Waals surface area contributed by atoms with Crippen LogP contribution in [-0.2, 0) is 6.42 Å². The molecule has 0 spiro atoms. The van der Waals surface area contributed by atoms with E-state index in [0.29, 0.717) is 28.1 Å². The fourth-order valence-electron chi connectivity index (χ4n) is 2.10. The molecule has 0 amide bonds. The summed E-state index contributed by atoms with van der Waals surface area (Å²) in [5.41, 5.74) is 7.33. The lowest BCUT2D eigenvalue weighted by atomic mass is 10.1. The van der Waals surface area contributed by atoms with E-state index in [2.05, 4.69) is 32.6 Å². The SMILES string of the molecule is Nc1nc(Cc2c(F)cccc2Cl)nc(C2CC2)c1I. The van der Waals surface area contributed by atoms with Gasteiger partial charge in [0, 0.05) is 22.9 Å². The maximum absolute atomic E-state index is 13.8. The Labute approximate surface area is 134 Å². The number of aromatic nitrogens is 2. The monoisotopic (exact) mass is 403 g/mol. The Balaban J connectivity index is 1.99. The number of nitrogens with two attached hydrogens (primary N) is 1. The van der Waals surface area contributed by atoms with E-state index in [9.17, 15) is 4.39 Å². The molecule has 1 aromatic heterocycles. The Morgan fingerprint density at radius 3 is 2.75 bits per heavy atom. The molecule has 104 valence electrons. The second kappa shape index (κ2) is 5.44. The lowest BCUT2D eigenvalue weighted by Gasteiger charge is -2.09. The summed E-state index contributed by atoms with van der Waals surface area (Å²) in [6.45, 7) is 0. The minimum atomic E-state index is -0.341. The molecule has 2 aromatic rings. The van der Waals surface area contributed by atoms with Gasteiger partial charge in [-0.15, -0.1) is 0 Å². The largest absolute Gasteiger partial charge is 0.383 e. The average molecular weight is 404 g/mol. The summed E-state index contributed by atoms with van der Waals surface area (Å²) in [5.74, 6) is 1.12. The summed E-state index contributed by atoms with van der Waals surface area (Å²) < 4.78 is 14.7. The number of anilines is 1. The zero-order valence-corrected chi connectivity index (χ0v) is 13.4. The van der Waals surface area contributed by atoms with E-state index >= 15 is 0 Å². The standard InChI is InChI=1S/C14H12ClFIN3/c15-9-2-1-3-10(16)8(9)6-11-19-13(7-4-5-7)12(17)14(18)20-11/h1-3,7H,4-6H2,(H2,18,19,20). The van der Waals surface area contributed by atoms with Crippen molar-refractivity contribution in [2.24, 2.45) is 0 Å². The van der Waals surface area contributed by atoms with Gasteiger partial charge in [0.25, 0.3) is 0 Å². The highest BCUT2D eigenvalue weighted by Gasteiger charge is 2.29. The number of benzene rings is 1. The van der Waals surface area contributed by atoms with Gasteiger partial charge in [-0.1, -0.05) is 17.7 Å². The Kier molecular flexibility index (Phi) is 3.81. The summed E-state index contributed by atoms with van der Waals surface area (Å²) in [7, 11) is 0. The number of nitrogens with zero attached hydrogens (tertiary/aromatic N) is 2. The van der Waals surface area contributed by atoms with Crippen molar-refractivity contribution in [3.05, 3.63) is 49.7 Å². The van der Waals surface area contributed by atoms with Crippen LogP contribution in [0.2, 0.25) is 5.02 Å². The second-order valence-electron chi connectivity index (χ2n) is 4.88. The van der Waals surface area contributed by atoms with Crippen molar-refractivity contribution in [1.82, 2.24) is 9.97 Å². The van der Waals surface area contributed by atoms with Crippen molar-refractivity contribution >= 4 is 40.0 Å². The van der Waals surface area contributed by atoms with E-state index in [1.54, 1.807) is 12.1 Å². The topological polar surface area (TPSA) is 51.8 Å². The molecule has 1 saturated carbocycles. The summed E-state index contributed by atoms with van der Waals surface area (Å²) in [5, 5.41) is 0.388. The van der Waals surface area contributed by atoms with Crippen molar-refractivity contribution in [3.63, 3.8) is 0 Å². The third-order valence-electron chi connectivity index (χ3n) is 3.31. The molecule has 1 aromatic carbocycles. The molecule has 20 heavy (non-hydrogen) atoms. The van der Waals surface area contributed by atoms with E-state index in [1.165, 1.54) is 6.07 Å². The molecule has 0 aliphatic heterocycles. The highest BCUT2D eigenvalue weighted by Crippen LogP contribution is 2.42. The van der Waals surface area contributed by atoms with Gasteiger partial charge in [0.2, 0.25) is 0 Å². The van der Waals surface area contributed by atoms with Crippen LogP contribution in [0, 0.1) is 9.39 Å². The molecule has 3 nitrogen and oxygen atoms in total. The summed E-state index contributed by atoms with van der Waals surface area (Å²) in [4.78, 5) is 8.80. The molecule has 1 heterocycles. The predicted octanol–water partition coefficient (Wildman–Crippen LogP) is 3.92. The van der Waals surface area contributed by atoms with Crippen molar-refractivity contribution < 1.29 is 4.39 Å². The smallest absolute Gasteiger partial charge is 0.140 e. The van der Waals surface area contributed by atoms with E-state index in [-0.39, 0.29) is 12.2 Å². The van der Waals surface area contributed by atoms with Crippen molar-refractivity contribution in [1.29, 1.82) is 0 Å². The highest BCUT2D eigenvalue weighted by atomic mass is 127. The van der Waals surface area contributed by atoms with E-state index in [0.717, 1.165) is 22.1 Å². The second-order valence-corrected chi connectivity index (χ2v) is 6.36. The Bertz CT molecular complexity index is 653. The first-order chi connectivity index (χ1) is 9.56. The van der Waals surface area contributed by atoms with Gasteiger partial charge in [0.1, 0.15) is 17.5 Å². The molecule has 2 N–H and O–H groups in total. The van der Waals surface area contributed by atoms with Crippen LogP contribution in [0.25, 0.3) is 0 Å². The molecule has 0 radical (unpaired) electrons. The maximum Gasteiger partial charge on any atom is 0.140 e. The van der Waals surface area contributed by atoms with Crippen LogP contribution in [0.15, 0.2) is 18.2 Å². The number of rotatable bonds is 3. The van der Waals surface area contributed by atoms with Crippen LogP contribution >= 0.6 is 34.2 Å². The lowest BCUT2D eigenvalue weighted by Crippen LogP contribution is -2.08. The maximum atomic E-state index is 13.8. The first-order valence-electron chi connectivity index (χ1n) is 6.31. The van der Waals surface area contributed by atoms with Crippen molar-refractivity contribution in [2.75, 3.05) is 5.73 Å². The number of hydrogen-bond donors (Lipinski definition) is 1. The molecule has 1 aliphatic carbocycles. The summed E-state index contributed by atoms with van der Waals surface area (Å²) >= 11 is 8.21. The van der Waals surface area contributed by atoms with Crippen molar-refractivity contribution in [2.45, 2.75) is 25.2 Å². The average Bonchev–Trinajstić information content (AvgIpc) is 3.22. The van der Waals surface area contributed by atoms with Gasteiger partial charge in [-0.2, -0.15) is 0 Å². The quantitative estimate of drug-likeness (QED) is 0.790. The molecule has 1 aliphatic rings. The van der Waals surface area contributed by atoms with E-state index < -0.39 is 0 Å². The van der Waals surface area contributed by atoms with E-state index in [1.807, 2.05) is 0 Å². The van der Waals surface area contributed by atoms with Crippen LogP contribution in [0.3, 0.4) is 0 Å².